The minimum absolute atomic E-state index is 0.0425. The first kappa shape index (κ1) is 83.3. The summed E-state index contributed by atoms with van der Waals surface area (Å²) in [6.07, 6.45) is 17.2. The minimum Gasteiger partial charge on any atom is -0.391 e. The van der Waals surface area contributed by atoms with Gasteiger partial charge in [0.05, 0.1) is 19.1 Å². The molecule has 3 saturated carbocycles. The van der Waals surface area contributed by atoms with Crippen LogP contribution in [0.2, 0.25) is 0 Å². The fraction of sp³-hybridized carbons (Fsp3) is 0.838. The van der Waals surface area contributed by atoms with Crippen LogP contribution in [0.5, 0.6) is 0 Å². The van der Waals surface area contributed by atoms with Crippen molar-refractivity contribution in [3.05, 3.63) is 0 Å². The molecule has 5 fully saturated rings. The van der Waals surface area contributed by atoms with Crippen LogP contribution in [0.15, 0.2) is 0 Å². The highest BCUT2D eigenvalue weighted by atomic mass is 16.3. The summed E-state index contributed by atoms with van der Waals surface area (Å²) in [4.78, 5) is 189. The van der Waals surface area contributed by atoms with E-state index in [1.807, 2.05) is 27.7 Å². The highest BCUT2D eigenvalue weighted by Crippen LogP contribution is 2.33. The summed E-state index contributed by atoms with van der Waals surface area (Å²) in [6, 6.07) is -12.5. The standard InChI is InChI=1S/C74H128N12O13/c1-46(2)40-57-67(92)77-56(71(96)86-38-27-20-28-39-86)44-61(88)80(11)50(8)65(90)76-55(37-29-36-52-30-21-17-22-31-52)70(95)84(15)59(41-47(3)4)72(97)82(13)58(42-53-32-23-18-24-33-53)66(91)75-49(7)69(94)83(14)60(43-54-34-25-19-26-35-54)73(98)85(16)64(48(5)6)68(93)78-63(51(9)87)74(99)79(10)45-62(89)81(57)12/h46-60,63-64,87H,17-45H2,1-16H3,(H,75,91)(H,76,90)(H,77,92)(H,78,93)/t49-,50-,51+,55-,56-,57-,58-,59-,60-,63-,64-/m0/s1. The Kier molecular flexibility index (Phi) is 33.4. The molecule has 2 saturated heterocycles. The van der Waals surface area contributed by atoms with Gasteiger partial charge in [0.1, 0.15) is 60.4 Å². The van der Waals surface area contributed by atoms with E-state index >= 15 is 24.0 Å². The number of nitrogens with zero attached hydrogens (tertiary/aromatic N) is 8. The van der Waals surface area contributed by atoms with Crippen molar-refractivity contribution in [2.75, 3.05) is 69.0 Å². The van der Waals surface area contributed by atoms with Gasteiger partial charge in [-0.15, -0.1) is 0 Å². The predicted octanol–water partition coefficient (Wildman–Crippen LogP) is 5.62. The SMILES string of the molecule is CC(C)C[C@H]1C(=O)N[C@H](C(=O)N2CCCCC2)CC(=O)N(C)[C@@H](C)C(=O)N[C@@H](CCCC2CCCCC2)C(=O)N(C)[C@@H](CC(C)C)C(=O)N(C)[C@@H](CC2CCCCC2)C(=O)N[C@@H](C)C(=O)N(C)[C@@H](CC2CCCCC2)C(=O)N(C)[C@@H](C(C)C)C(=O)N[C@@H]([C@@H](C)O)C(=O)N(C)CC(=O)N1C. The van der Waals surface area contributed by atoms with Gasteiger partial charge in [-0.05, 0) is 108 Å². The van der Waals surface area contributed by atoms with Gasteiger partial charge in [-0.25, -0.2) is 0 Å². The van der Waals surface area contributed by atoms with Crippen LogP contribution in [0.3, 0.4) is 0 Å². The first-order chi connectivity index (χ1) is 46.7. The van der Waals surface area contributed by atoms with E-state index < -0.39 is 156 Å². The van der Waals surface area contributed by atoms with Crippen molar-refractivity contribution in [1.29, 1.82) is 0 Å². The molecule has 25 heteroatoms. The largest absolute Gasteiger partial charge is 0.391 e. The molecule has 99 heavy (non-hydrogen) atoms. The molecule has 11 atom stereocenters. The predicted molar refractivity (Wildman–Crippen MR) is 379 cm³/mol. The second-order valence-electron chi connectivity index (χ2n) is 31.3. The number of nitrogens with one attached hydrogen (secondary N) is 4. The fourth-order valence-corrected chi connectivity index (χ4v) is 15.6. The molecule has 12 amide bonds. The Morgan fingerprint density at radius 3 is 1.45 bits per heavy atom. The summed E-state index contributed by atoms with van der Waals surface area (Å²) < 4.78 is 0. The second kappa shape index (κ2) is 39.7. The number of amides is 12. The van der Waals surface area contributed by atoms with Crippen LogP contribution < -0.4 is 21.3 Å². The van der Waals surface area contributed by atoms with Gasteiger partial charge in [-0.2, -0.15) is 0 Å². The Labute approximate surface area is 591 Å². The van der Waals surface area contributed by atoms with E-state index in [0.29, 0.717) is 38.3 Å². The summed E-state index contributed by atoms with van der Waals surface area (Å²) in [5.41, 5.74) is 0. The molecular weight excluding hydrogens is 1260 g/mol. The average molecular weight is 1390 g/mol. The van der Waals surface area contributed by atoms with Crippen molar-refractivity contribution < 1.29 is 62.6 Å². The quantitative estimate of drug-likeness (QED) is 0.133. The average Bonchev–Trinajstić information content (AvgIpc) is 0.827. The number of carbonyl (C=O) groups excluding carboxylic acids is 12. The van der Waals surface area contributed by atoms with Crippen LogP contribution in [-0.2, 0) is 57.5 Å². The van der Waals surface area contributed by atoms with Crippen LogP contribution in [0.1, 0.15) is 229 Å². The number of aliphatic hydroxyl groups excluding tert-OH is 1. The summed E-state index contributed by atoms with van der Waals surface area (Å²) in [7, 11) is 10.2. The maximum absolute atomic E-state index is 15.5. The highest BCUT2D eigenvalue weighted by molar-refractivity contribution is 6.00. The Morgan fingerprint density at radius 2 is 0.929 bits per heavy atom. The summed E-state index contributed by atoms with van der Waals surface area (Å²) in [5.74, 6) is -8.11. The summed E-state index contributed by atoms with van der Waals surface area (Å²) in [5, 5.41) is 22.6. The van der Waals surface area contributed by atoms with Gasteiger partial charge in [-0.3, -0.25) is 57.5 Å². The Morgan fingerprint density at radius 1 is 0.455 bits per heavy atom. The molecule has 3 aliphatic carbocycles. The molecule has 562 valence electrons. The minimum atomic E-state index is -1.63. The van der Waals surface area contributed by atoms with Crippen molar-refractivity contribution in [1.82, 2.24) is 60.5 Å². The van der Waals surface area contributed by atoms with Crippen LogP contribution in [0.25, 0.3) is 0 Å². The molecule has 0 bridgehead atoms. The maximum atomic E-state index is 15.5. The fourth-order valence-electron chi connectivity index (χ4n) is 15.6. The summed E-state index contributed by atoms with van der Waals surface area (Å²) in [6.45, 7) is 15.5. The topological polar surface area (TPSA) is 299 Å². The van der Waals surface area contributed by atoms with Gasteiger partial charge in [0.15, 0.2) is 0 Å². The molecule has 0 aromatic carbocycles. The smallest absolute Gasteiger partial charge is 0.248 e. The normalized spacial score (nSPS) is 28.6. The number of carbonyl (C=O) groups is 12. The first-order valence-corrected chi connectivity index (χ1v) is 37.7. The molecule has 5 N–H and O–H groups in total. The molecular formula is C74H128N12O13. The molecule has 25 nitrogen and oxygen atoms in total. The van der Waals surface area contributed by atoms with E-state index in [4.69, 9.17) is 0 Å². The molecule has 0 aromatic rings. The molecule has 0 radical (unpaired) electrons. The molecule has 5 aliphatic rings. The van der Waals surface area contributed by atoms with Gasteiger partial charge >= 0.3 is 0 Å². The molecule has 2 heterocycles. The number of likely N-dealkylation sites (N-methyl/N-ethyl adjacent to an activating group) is 7. The number of piperidine rings is 1. The van der Waals surface area contributed by atoms with Gasteiger partial charge in [0.25, 0.3) is 0 Å². The summed E-state index contributed by atoms with van der Waals surface area (Å²) >= 11 is 0. The maximum Gasteiger partial charge on any atom is 0.248 e. The molecule has 0 spiro atoms. The van der Waals surface area contributed by atoms with Crippen molar-refractivity contribution in [2.24, 2.45) is 35.5 Å². The van der Waals surface area contributed by atoms with Gasteiger partial charge in [0.2, 0.25) is 70.9 Å². The van der Waals surface area contributed by atoms with Crippen molar-refractivity contribution in [3.8, 4) is 0 Å². The lowest BCUT2D eigenvalue weighted by atomic mass is 9.84. The third-order valence-electron chi connectivity index (χ3n) is 22.1. The van der Waals surface area contributed by atoms with E-state index in [1.54, 1.807) is 32.8 Å². The highest BCUT2D eigenvalue weighted by Gasteiger charge is 2.44. The number of hydrogen-bond acceptors (Lipinski definition) is 13. The number of rotatable bonds is 15. The van der Waals surface area contributed by atoms with Gasteiger partial charge in [-0.1, -0.05) is 151 Å². The lowest BCUT2D eigenvalue weighted by Gasteiger charge is -2.39. The van der Waals surface area contributed by atoms with Crippen molar-refractivity contribution >= 4 is 70.9 Å². The Hall–Kier alpha value is -6.40. The number of hydrogen-bond donors (Lipinski definition) is 5. The van der Waals surface area contributed by atoms with E-state index in [0.717, 1.165) is 119 Å². The third kappa shape index (κ3) is 23.8. The number of likely N-dealkylation sites (tertiary alicyclic amines) is 1. The Balaban J connectivity index is 1.63. The zero-order chi connectivity index (χ0) is 73.7. The van der Waals surface area contributed by atoms with Crippen LogP contribution in [0.4, 0.5) is 0 Å². The Bertz CT molecular complexity index is 2720. The van der Waals surface area contributed by atoms with E-state index in [1.165, 1.54) is 80.5 Å². The first-order valence-electron chi connectivity index (χ1n) is 37.7. The zero-order valence-electron chi connectivity index (χ0n) is 63.2. The van der Waals surface area contributed by atoms with Crippen LogP contribution in [-0.4, -0.2) is 251 Å². The lowest BCUT2D eigenvalue weighted by Crippen LogP contribution is -2.62. The van der Waals surface area contributed by atoms with Crippen molar-refractivity contribution in [2.45, 2.75) is 296 Å². The van der Waals surface area contributed by atoms with E-state index in [-0.39, 0.29) is 55.8 Å². The lowest BCUT2D eigenvalue weighted by molar-refractivity contribution is -0.152. The monoisotopic (exact) mass is 1390 g/mol. The molecule has 5 rings (SSSR count). The van der Waals surface area contributed by atoms with Crippen molar-refractivity contribution in [3.63, 3.8) is 0 Å². The van der Waals surface area contributed by atoms with E-state index in [2.05, 4.69) is 21.3 Å². The van der Waals surface area contributed by atoms with E-state index in [9.17, 15) is 38.7 Å². The molecule has 0 aromatic heterocycles. The zero-order valence-corrected chi connectivity index (χ0v) is 63.2. The second-order valence-corrected chi connectivity index (χ2v) is 31.3. The van der Waals surface area contributed by atoms with Gasteiger partial charge in [0, 0.05) is 62.4 Å². The van der Waals surface area contributed by atoms with Crippen LogP contribution in [0, 0.1) is 35.5 Å². The number of aliphatic hydroxyl groups is 1. The van der Waals surface area contributed by atoms with Gasteiger partial charge < -0.3 is 65.6 Å². The van der Waals surface area contributed by atoms with Crippen LogP contribution >= 0.6 is 0 Å². The molecule has 0 unspecified atom stereocenters. The molecule has 2 aliphatic heterocycles. The third-order valence-corrected chi connectivity index (χ3v) is 22.1.